The van der Waals surface area contributed by atoms with Crippen LogP contribution in [0.15, 0.2) is 29.1 Å². The van der Waals surface area contributed by atoms with Crippen LogP contribution in [0.2, 0.25) is 0 Å². The van der Waals surface area contributed by atoms with Crippen molar-refractivity contribution in [3.63, 3.8) is 0 Å². The molecule has 1 N–H and O–H groups in total. The molecular formula is C19H19FN2O3. The highest BCUT2D eigenvalue weighted by Crippen LogP contribution is 2.34. The number of rotatable bonds is 1. The summed E-state index contributed by atoms with van der Waals surface area (Å²) in [6.07, 6.45) is 3.54. The lowest BCUT2D eigenvalue weighted by Crippen LogP contribution is -2.44. The lowest BCUT2D eigenvalue weighted by molar-refractivity contribution is 0.0959. The normalized spacial score (nSPS) is 19.0. The summed E-state index contributed by atoms with van der Waals surface area (Å²) in [5.74, 6) is -0.481. The summed E-state index contributed by atoms with van der Waals surface area (Å²) in [7, 11) is 0. The number of aromatic nitrogens is 1. The minimum Gasteiger partial charge on any atom is -0.487 e. The monoisotopic (exact) mass is 342 g/mol. The summed E-state index contributed by atoms with van der Waals surface area (Å²) in [5.41, 5.74) is 2.22. The number of nitrogens with one attached hydrogen (secondary N) is 1. The topological polar surface area (TPSA) is 62.4 Å². The second-order valence-corrected chi connectivity index (χ2v) is 6.68. The Hall–Kier alpha value is -2.63. The Morgan fingerprint density at radius 1 is 1.28 bits per heavy atom. The van der Waals surface area contributed by atoms with Crippen LogP contribution in [0, 0.1) is 5.82 Å². The molecule has 0 fully saturated rings. The van der Waals surface area contributed by atoms with Gasteiger partial charge in [0.25, 0.3) is 11.5 Å². The van der Waals surface area contributed by atoms with Gasteiger partial charge in [0.1, 0.15) is 23.2 Å². The fraction of sp³-hybridized carbons (Fsp3) is 0.368. The average molecular weight is 342 g/mol. The van der Waals surface area contributed by atoms with Gasteiger partial charge in [-0.05, 0) is 56.4 Å². The van der Waals surface area contributed by atoms with E-state index in [1.54, 1.807) is 6.07 Å². The highest BCUT2D eigenvalue weighted by molar-refractivity contribution is 6.07. The number of ether oxygens (including phenoxy) is 1. The zero-order valence-electron chi connectivity index (χ0n) is 14.0. The smallest absolute Gasteiger partial charge is 0.264 e. The van der Waals surface area contributed by atoms with E-state index in [9.17, 15) is 14.0 Å². The van der Waals surface area contributed by atoms with Gasteiger partial charge in [-0.15, -0.1) is 0 Å². The third kappa shape index (κ3) is 2.81. The fourth-order valence-electron chi connectivity index (χ4n) is 3.59. The van der Waals surface area contributed by atoms with E-state index in [4.69, 9.17) is 4.74 Å². The largest absolute Gasteiger partial charge is 0.487 e. The number of nitrogens with zero attached hydrogens (tertiary/aromatic N) is 1. The number of amides is 1. The molecule has 25 heavy (non-hydrogen) atoms. The first kappa shape index (κ1) is 15.9. The Balaban J connectivity index is 1.76. The van der Waals surface area contributed by atoms with Gasteiger partial charge in [-0.25, -0.2) is 4.39 Å². The molecule has 5 nitrogen and oxygen atoms in total. The first-order valence-electron chi connectivity index (χ1n) is 8.56. The van der Waals surface area contributed by atoms with Crippen LogP contribution in [0.4, 0.5) is 10.1 Å². The number of halogens is 1. The standard InChI is InChI=1S/C19H19FN2O3/c1-11-10-22(16-7-6-13(20)9-17(16)25-11)19(24)14-8-12-4-2-3-5-15(12)21-18(14)23/h6-9,11H,2-5,10H2,1H3,(H,21,23)/t11-/m1/s1. The van der Waals surface area contributed by atoms with E-state index in [-0.39, 0.29) is 23.1 Å². The van der Waals surface area contributed by atoms with Gasteiger partial charge in [-0.2, -0.15) is 0 Å². The molecule has 1 amide bonds. The second-order valence-electron chi connectivity index (χ2n) is 6.68. The summed E-state index contributed by atoms with van der Waals surface area (Å²) in [6.45, 7) is 2.12. The molecule has 6 heteroatoms. The molecule has 2 aliphatic rings. The summed E-state index contributed by atoms with van der Waals surface area (Å²) in [6, 6.07) is 5.79. The lowest BCUT2D eigenvalue weighted by atomic mass is 9.94. The van der Waals surface area contributed by atoms with E-state index in [2.05, 4.69) is 4.98 Å². The zero-order chi connectivity index (χ0) is 17.6. The molecule has 2 heterocycles. The number of anilines is 1. The van der Waals surface area contributed by atoms with Crippen molar-refractivity contribution in [3.8, 4) is 5.75 Å². The van der Waals surface area contributed by atoms with Gasteiger partial charge in [-0.1, -0.05) is 0 Å². The molecule has 0 saturated carbocycles. The molecule has 0 spiro atoms. The second kappa shape index (κ2) is 6.02. The van der Waals surface area contributed by atoms with E-state index in [0.717, 1.165) is 36.9 Å². The number of benzene rings is 1. The first-order valence-corrected chi connectivity index (χ1v) is 8.56. The predicted molar refractivity (Wildman–Crippen MR) is 91.9 cm³/mol. The van der Waals surface area contributed by atoms with Crippen molar-refractivity contribution >= 4 is 11.6 Å². The Morgan fingerprint density at radius 3 is 2.92 bits per heavy atom. The molecule has 1 aliphatic carbocycles. The first-order chi connectivity index (χ1) is 12.0. The molecule has 0 radical (unpaired) electrons. The number of carbonyl (C=O) groups excluding carboxylic acids is 1. The number of H-pyrrole nitrogens is 1. The third-order valence-electron chi connectivity index (χ3n) is 4.79. The predicted octanol–water partition coefficient (Wildman–Crippen LogP) is 2.82. The molecule has 1 atom stereocenters. The highest BCUT2D eigenvalue weighted by Gasteiger charge is 2.30. The number of pyridine rings is 1. The molecule has 4 rings (SSSR count). The van der Waals surface area contributed by atoms with Crippen LogP contribution in [0.5, 0.6) is 5.75 Å². The van der Waals surface area contributed by atoms with Crippen molar-refractivity contribution in [2.45, 2.75) is 38.7 Å². The Labute approximate surface area is 144 Å². The maximum absolute atomic E-state index is 13.5. The molecule has 2 aromatic rings. The van der Waals surface area contributed by atoms with Crippen LogP contribution in [-0.2, 0) is 12.8 Å². The maximum Gasteiger partial charge on any atom is 0.264 e. The van der Waals surface area contributed by atoms with Gasteiger partial charge in [0.05, 0.1) is 12.2 Å². The Kier molecular flexibility index (Phi) is 3.82. The number of hydrogen-bond donors (Lipinski definition) is 1. The van der Waals surface area contributed by atoms with Crippen molar-refractivity contribution < 1.29 is 13.9 Å². The maximum atomic E-state index is 13.5. The van der Waals surface area contributed by atoms with E-state index in [0.29, 0.717) is 18.0 Å². The van der Waals surface area contributed by atoms with Gasteiger partial charge < -0.3 is 14.6 Å². The minimum absolute atomic E-state index is 0.130. The van der Waals surface area contributed by atoms with E-state index < -0.39 is 5.82 Å². The molecule has 0 unspecified atom stereocenters. The van der Waals surface area contributed by atoms with E-state index in [1.165, 1.54) is 23.1 Å². The fourth-order valence-corrected chi connectivity index (χ4v) is 3.59. The van der Waals surface area contributed by atoms with Crippen LogP contribution >= 0.6 is 0 Å². The van der Waals surface area contributed by atoms with Crippen molar-refractivity contribution in [2.24, 2.45) is 0 Å². The average Bonchev–Trinajstić information content (AvgIpc) is 2.59. The minimum atomic E-state index is -0.424. The quantitative estimate of drug-likeness (QED) is 0.867. The van der Waals surface area contributed by atoms with E-state index in [1.807, 2.05) is 6.92 Å². The summed E-state index contributed by atoms with van der Waals surface area (Å²) in [5, 5.41) is 0. The molecule has 1 aliphatic heterocycles. The van der Waals surface area contributed by atoms with Crippen molar-refractivity contribution in [1.82, 2.24) is 4.98 Å². The molecule has 130 valence electrons. The molecule has 0 saturated heterocycles. The van der Waals surface area contributed by atoms with E-state index >= 15 is 0 Å². The van der Waals surface area contributed by atoms with Crippen LogP contribution in [0.1, 0.15) is 41.4 Å². The number of fused-ring (bicyclic) bond motifs is 2. The lowest BCUT2D eigenvalue weighted by Gasteiger charge is -2.33. The molecule has 0 bridgehead atoms. The highest BCUT2D eigenvalue weighted by atomic mass is 19.1. The third-order valence-corrected chi connectivity index (χ3v) is 4.79. The molecule has 1 aromatic heterocycles. The number of carbonyl (C=O) groups is 1. The number of hydrogen-bond acceptors (Lipinski definition) is 3. The summed E-state index contributed by atoms with van der Waals surface area (Å²) in [4.78, 5) is 29.9. The van der Waals surface area contributed by atoms with Gasteiger partial charge in [0.2, 0.25) is 0 Å². The molecular weight excluding hydrogens is 323 g/mol. The van der Waals surface area contributed by atoms with Crippen molar-refractivity contribution in [3.05, 3.63) is 57.3 Å². The number of aryl methyl sites for hydroxylation is 2. The van der Waals surface area contributed by atoms with Gasteiger partial charge in [0.15, 0.2) is 0 Å². The van der Waals surface area contributed by atoms with Crippen LogP contribution in [0.3, 0.4) is 0 Å². The van der Waals surface area contributed by atoms with Crippen molar-refractivity contribution in [2.75, 3.05) is 11.4 Å². The van der Waals surface area contributed by atoms with Gasteiger partial charge >= 0.3 is 0 Å². The van der Waals surface area contributed by atoms with Gasteiger partial charge in [0, 0.05) is 11.8 Å². The Morgan fingerprint density at radius 2 is 2.08 bits per heavy atom. The van der Waals surface area contributed by atoms with Gasteiger partial charge in [-0.3, -0.25) is 9.59 Å². The van der Waals surface area contributed by atoms with Crippen LogP contribution in [-0.4, -0.2) is 23.5 Å². The summed E-state index contributed by atoms with van der Waals surface area (Å²) < 4.78 is 19.1. The van der Waals surface area contributed by atoms with Crippen LogP contribution < -0.4 is 15.2 Å². The number of aromatic amines is 1. The summed E-state index contributed by atoms with van der Waals surface area (Å²) >= 11 is 0. The zero-order valence-corrected chi connectivity index (χ0v) is 14.0. The van der Waals surface area contributed by atoms with Crippen LogP contribution in [0.25, 0.3) is 0 Å². The Bertz CT molecular complexity index is 906. The van der Waals surface area contributed by atoms with Crippen molar-refractivity contribution in [1.29, 1.82) is 0 Å². The SMILES string of the molecule is C[C@@H]1CN(C(=O)c2cc3c([nH]c2=O)CCCC3)c2ccc(F)cc2O1. The molecule has 1 aromatic carbocycles.